The van der Waals surface area contributed by atoms with E-state index in [-0.39, 0.29) is 6.42 Å². The number of ether oxygens (including phenoxy) is 1. The molecule has 1 aliphatic rings. The second-order valence-corrected chi connectivity index (χ2v) is 4.02. The van der Waals surface area contributed by atoms with Crippen LogP contribution >= 0.6 is 0 Å². The molecule has 0 unspecified atom stereocenters. The van der Waals surface area contributed by atoms with Gasteiger partial charge in [-0.2, -0.15) is 0 Å². The lowest BCUT2D eigenvalue weighted by Gasteiger charge is -2.34. The lowest BCUT2D eigenvalue weighted by molar-refractivity contribution is -0.137. The lowest BCUT2D eigenvalue weighted by Crippen LogP contribution is -2.47. The van der Waals surface area contributed by atoms with Crippen molar-refractivity contribution < 1.29 is 14.6 Å². The highest BCUT2D eigenvalue weighted by atomic mass is 16.5. The summed E-state index contributed by atoms with van der Waals surface area (Å²) in [7, 11) is 0. The number of carboxylic acids is 1. The predicted molar refractivity (Wildman–Crippen MR) is 61.6 cm³/mol. The molecule has 0 bridgehead atoms. The molecule has 0 spiro atoms. The van der Waals surface area contributed by atoms with E-state index in [0.29, 0.717) is 6.54 Å². The van der Waals surface area contributed by atoms with Crippen LogP contribution in [-0.2, 0) is 9.53 Å². The van der Waals surface area contributed by atoms with E-state index in [4.69, 9.17) is 9.84 Å². The van der Waals surface area contributed by atoms with E-state index < -0.39 is 5.97 Å². The van der Waals surface area contributed by atoms with Crippen molar-refractivity contribution in [3.05, 3.63) is 0 Å². The number of carboxylic acid groups (broad SMARTS) is 1. The van der Waals surface area contributed by atoms with Crippen molar-refractivity contribution in [3.8, 4) is 0 Å². The summed E-state index contributed by atoms with van der Waals surface area (Å²) in [4.78, 5) is 15.0. The maximum atomic E-state index is 10.4. The molecule has 0 aromatic carbocycles. The quantitative estimate of drug-likeness (QED) is 0.629. The zero-order valence-corrected chi connectivity index (χ0v) is 10.0. The van der Waals surface area contributed by atoms with E-state index in [1.807, 2.05) is 6.92 Å². The molecule has 0 radical (unpaired) electrons. The Kier molecular flexibility index (Phi) is 6.37. The Bertz CT molecular complexity index is 203. The monoisotopic (exact) mass is 230 g/mol. The standard InChI is InChI=1S/C11H22N2O3/c1-2-16-10-9-13-7-5-12(6-8-13)4-3-11(14)15/h2-10H2,1H3,(H,14,15). The van der Waals surface area contributed by atoms with Gasteiger partial charge in [0.2, 0.25) is 0 Å². The molecule has 1 saturated heterocycles. The van der Waals surface area contributed by atoms with E-state index in [9.17, 15) is 4.79 Å². The Hall–Kier alpha value is -0.650. The van der Waals surface area contributed by atoms with Gasteiger partial charge in [-0.1, -0.05) is 0 Å². The first-order valence-electron chi connectivity index (χ1n) is 5.96. The lowest BCUT2D eigenvalue weighted by atomic mass is 10.3. The van der Waals surface area contributed by atoms with Crippen molar-refractivity contribution in [2.75, 3.05) is 52.5 Å². The molecule has 1 fully saturated rings. The van der Waals surface area contributed by atoms with Gasteiger partial charge in [-0.25, -0.2) is 0 Å². The molecule has 0 aromatic heterocycles. The highest BCUT2D eigenvalue weighted by Gasteiger charge is 2.16. The fraction of sp³-hybridized carbons (Fsp3) is 0.909. The molecular weight excluding hydrogens is 208 g/mol. The van der Waals surface area contributed by atoms with Gasteiger partial charge in [-0.05, 0) is 6.92 Å². The molecule has 5 heteroatoms. The second-order valence-electron chi connectivity index (χ2n) is 4.02. The van der Waals surface area contributed by atoms with Gasteiger partial charge in [0.05, 0.1) is 13.0 Å². The molecule has 94 valence electrons. The molecule has 1 N–H and O–H groups in total. The van der Waals surface area contributed by atoms with Crippen LogP contribution < -0.4 is 0 Å². The van der Waals surface area contributed by atoms with Gasteiger partial charge in [-0.15, -0.1) is 0 Å². The van der Waals surface area contributed by atoms with Crippen LogP contribution in [0.3, 0.4) is 0 Å². The summed E-state index contributed by atoms with van der Waals surface area (Å²) in [6.45, 7) is 9.22. The number of hydrogen-bond acceptors (Lipinski definition) is 4. The molecule has 0 aliphatic carbocycles. The fourth-order valence-corrected chi connectivity index (χ4v) is 1.83. The van der Waals surface area contributed by atoms with E-state index in [0.717, 1.165) is 45.9 Å². The predicted octanol–water partition coefficient (Wildman–Crippen LogP) is 0.115. The van der Waals surface area contributed by atoms with Gasteiger partial charge in [-0.3, -0.25) is 9.69 Å². The minimum absolute atomic E-state index is 0.249. The molecule has 1 heterocycles. The smallest absolute Gasteiger partial charge is 0.304 e. The van der Waals surface area contributed by atoms with Gasteiger partial charge in [0.1, 0.15) is 0 Å². The van der Waals surface area contributed by atoms with Crippen LogP contribution in [-0.4, -0.2) is 73.4 Å². The number of aliphatic carboxylic acids is 1. The van der Waals surface area contributed by atoms with Gasteiger partial charge < -0.3 is 14.7 Å². The van der Waals surface area contributed by atoms with E-state index in [2.05, 4.69) is 9.80 Å². The SMILES string of the molecule is CCOCCN1CCN(CCC(=O)O)CC1. The Morgan fingerprint density at radius 2 is 1.75 bits per heavy atom. The van der Waals surface area contributed by atoms with Crippen molar-refractivity contribution in [2.45, 2.75) is 13.3 Å². The fourth-order valence-electron chi connectivity index (χ4n) is 1.83. The van der Waals surface area contributed by atoms with Crippen LogP contribution in [0.5, 0.6) is 0 Å². The molecule has 1 rings (SSSR count). The summed E-state index contributed by atoms with van der Waals surface area (Å²) in [6, 6.07) is 0. The highest BCUT2D eigenvalue weighted by molar-refractivity contribution is 5.66. The maximum absolute atomic E-state index is 10.4. The number of nitrogens with zero attached hydrogens (tertiary/aromatic N) is 2. The number of rotatable bonds is 7. The topological polar surface area (TPSA) is 53.0 Å². The zero-order valence-electron chi connectivity index (χ0n) is 10.0. The molecule has 0 amide bonds. The van der Waals surface area contributed by atoms with Crippen molar-refractivity contribution >= 4 is 5.97 Å². The maximum Gasteiger partial charge on any atom is 0.304 e. The third-order valence-corrected chi connectivity index (χ3v) is 2.86. The number of piperazine rings is 1. The first-order chi connectivity index (χ1) is 7.72. The van der Waals surface area contributed by atoms with E-state index in [1.54, 1.807) is 0 Å². The summed E-state index contributed by atoms with van der Waals surface area (Å²) in [6.07, 6.45) is 0.249. The van der Waals surface area contributed by atoms with Crippen molar-refractivity contribution in [1.82, 2.24) is 9.80 Å². The Morgan fingerprint density at radius 3 is 2.25 bits per heavy atom. The van der Waals surface area contributed by atoms with Crippen LogP contribution in [0.4, 0.5) is 0 Å². The van der Waals surface area contributed by atoms with Gasteiger partial charge in [0.25, 0.3) is 0 Å². The molecule has 5 nitrogen and oxygen atoms in total. The summed E-state index contributed by atoms with van der Waals surface area (Å²) < 4.78 is 5.31. The average molecular weight is 230 g/mol. The second kappa shape index (κ2) is 7.60. The summed E-state index contributed by atoms with van der Waals surface area (Å²) in [5.41, 5.74) is 0. The summed E-state index contributed by atoms with van der Waals surface area (Å²) in [5, 5.41) is 8.59. The minimum atomic E-state index is -0.709. The summed E-state index contributed by atoms with van der Waals surface area (Å²) in [5.74, 6) is -0.709. The largest absolute Gasteiger partial charge is 0.481 e. The third-order valence-electron chi connectivity index (χ3n) is 2.86. The number of hydrogen-bond donors (Lipinski definition) is 1. The minimum Gasteiger partial charge on any atom is -0.481 e. The third kappa shape index (κ3) is 5.44. The van der Waals surface area contributed by atoms with Crippen molar-refractivity contribution in [1.29, 1.82) is 0 Å². The van der Waals surface area contributed by atoms with E-state index >= 15 is 0 Å². The molecular formula is C11H22N2O3. The van der Waals surface area contributed by atoms with Crippen molar-refractivity contribution in [2.24, 2.45) is 0 Å². The molecule has 0 aromatic rings. The first kappa shape index (κ1) is 13.4. The average Bonchev–Trinajstić information content (AvgIpc) is 2.28. The first-order valence-corrected chi connectivity index (χ1v) is 5.96. The van der Waals surface area contributed by atoms with Crippen LogP contribution in [0.15, 0.2) is 0 Å². The number of carbonyl (C=O) groups is 1. The molecule has 0 atom stereocenters. The van der Waals surface area contributed by atoms with Gasteiger partial charge in [0, 0.05) is 45.9 Å². The van der Waals surface area contributed by atoms with Crippen LogP contribution in [0.2, 0.25) is 0 Å². The zero-order chi connectivity index (χ0) is 11.8. The van der Waals surface area contributed by atoms with Crippen LogP contribution in [0.25, 0.3) is 0 Å². The van der Waals surface area contributed by atoms with Gasteiger partial charge >= 0.3 is 5.97 Å². The van der Waals surface area contributed by atoms with Crippen molar-refractivity contribution in [3.63, 3.8) is 0 Å². The highest BCUT2D eigenvalue weighted by Crippen LogP contribution is 2.02. The summed E-state index contributed by atoms with van der Waals surface area (Å²) >= 11 is 0. The van der Waals surface area contributed by atoms with E-state index in [1.165, 1.54) is 0 Å². The molecule has 1 aliphatic heterocycles. The normalized spacial score (nSPS) is 18.8. The van der Waals surface area contributed by atoms with Crippen LogP contribution in [0.1, 0.15) is 13.3 Å². The Labute approximate surface area is 97.0 Å². The molecule has 16 heavy (non-hydrogen) atoms. The molecule has 0 saturated carbocycles. The Morgan fingerprint density at radius 1 is 1.19 bits per heavy atom. The van der Waals surface area contributed by atoms with Gasteiger partial charge in [0.15, 0.2) is 0 Å². The van der Waals surface area contributed by atoms with Crippen LogP contribution in [0, 0.1) is 0 Å². The Balaban J connectivity index is 2.06.